The molecular formula is C27H21N. The van der Waals surface area contributed by atoms with E-state index in [9.17, 15) is 0 Å². The molecule has 4 aromatic carbocycles. The largest absolute Gasteiger partial charge is 0.354 e. The van der Waals surface area contributed by atoms with E-state index in [2.05, 4.69) is 104 Å². The lowest BCUT2D eigenvalue weighted by Crippen LogP contribution is -2.14. The van der Waals surface area contributed by atoms with Gasteiger partial charge in [0.15, 0.2) is 0 Å². The summed E-state index contributed by atoms with van der Waals surface area (Å²) >= 11 is 0. The molecule has 28 heavy (non-hydrogen) atoms. The monoisotopic (exact) mass is 359 g/mol. The van der Waals surface area contributed by atoms with Gasteiger partial charge in [-0.3, -0.25) is 0 Å². The lowest BCUT2D eigenvalue weighted by Gasteiger charge is -2.22. The lowest BCUT2D eigenvalue weighted by molar-refractivity contribution is 0.667. The molecule has 6 rings (SSSR count). The predicted octanol–water partition coefficient (Wildman–Crippen LogP) is 7.29. The van der Waals surface area contributed by atoms with E-state index in [1.807, 2.05) is 0 Å². The molecule has 1 heterocycles. The summed E-state index contributed by atoms with van der Waals surface area (Å²) in [5.74, 6) is 0. The van der Waals surface area contributed by atoms with Crippen LogP contribution in [0, 0.1) is 0 Å². The summed E-state index contributed by atoms with van der Waals surface area (Å²) in [7, 11) is 0. The Balaban J connectivity index is 1.69. The van der Waals surface area contributed by atoms with Crippen LogP contribution in [0.3, 0.4) is 0 Å². The van der Waals surface area contributed by atoms with Crippen LogP contribution in [0.1, 0.15) is 25.0 Å². The van der Waals surface area contributed by atoms with E-state index in [0.29, 0.717) is 0 Å². The number of hydrogen-bond acceptors (Lipinski definition) is 0. The van der Waals surface area contributed by atoms with Crippen molar-refractivity contribution in [2.45, 2.75) is 19.3 Å². The minimum absolute atomic E-state index is 0.0255. The first kappa shape index (κ1) is 15.7. The van der Waals surface area contributed by atoms with E-state index in [4.69, 9.17) is 0 Å². The molecule has 0 amide bonds. The van der Waals surface area contributed by atoms with Crippen molar-refractivity contribution in [2.75, 3.05) is 0 Å². The van der Waals surface area contributed by atoms with Crippen molar-refractivity contribution in [3.05, 3.63) is 96.1 Å². The minimum atomic E-state index is -0.0255. The second-order valence-electron chi connectivity index (χ2n) is 8.34. The molecule has 5 aromatic rings. The van der Waals surface area contributed by atoms with E-state index in [0.717, 1.165) is 0 Å². The fourth-order valence-corrected chi connectivity index (χ4v) is 5.04. The van der Waals surface area contributed by atoms with Crippen molar-refractivity contribution in [1.82, 2.24) is 4.98 Å². The quantitative estimate of drug-likeness (QED) is 0.323. The van der Waals surface area contributed by atoms with Crippen LogP contribution in [0.15, 0.2) is 84.9 Å². The Morgan fingerprint density at radius 2 is 1.46 bits per heavy atom. The van der Waals surface area contributed by atoms with E-state index >= 15 is 0 Å². The fourth-order valence-electron chi connectivity index (χ4n) is 5.04. The molecule has 1 nitrogen and oxygen atoms in total. The molecule has 0 unspecified atom stereocenters. The number of hydrogen-bond donors (Lipinski definition) is 1. The zero-order chi connectivity index (χ0) is 18.9. The Kier molecular flexibility index (Phi) is 3.01. The van der Waals surface area contributed by atoms with Gasteiger partial charge in [0, 0.05) is 21.9 Å². The average molecular weight is 359 g/mol. The maximum atomic E-state index is 3.76. The van der Waals surface area contributed by atoms with Gasteiger partial charge in [-0.05, 0) is 45.2 Å². The van der Waals surface area contributed by atoms with E-state index in [1.165, 1.54) is 55.2 Å². The number of aromatic amines is 1. The number of fused-ring (bicyclic) bond motifs is 7. The highest BCUT2D eigenvalue weighted by atomic mass is 14.8. The summed E-state index contributed by atoms with van der Waals surface area (Å²) in [5.41, 5.74) is 9.22. The van der Waals surface area contributed by atoms with Gasteiger partial charge in [0.05, 0.1) is 5.69 Å². The predicted molar refractivity (Wildman–Crippen MR) is 119 cm³/mol. The van der Waals surface area contributed by atoms with E-state index in [1.54, 1.807) is 0 Å². The van der Waals surface area contributed by atoms with Gasteiger partial charge >= 0.3 is 0 Å². The molecule has 0 saturated heterocycles. The molecule has 1 aromatic heterocycles. The third-order valence-corrected chi connectivity index (χ3v) is 6.38. The fraction of sp³-hybridized carbons (Fsp3) is 0.111. The highest BCUT2D eigenvalue weighted by Crippen LogP contribution is 2.53. The van der Waals surface area contributed by atoms with E-state index < -0.39 is 0 Å². The summed E-state index contributed by atoms with van der Waals surface area (Å²) in [6.45, 7) is 4.71. The highest BCUT2D eigenvalue weighted by molar-refractivity contribution is 6.07. The Hall–Kier alpha value is -3.32. The van der Waals surface area contributed by atoms with Crippen molar-refractivity contribution in [2.24, 2.45) is 0 Å². The lowest BCUT2D eigenvalue weighted by atomic mass is 9.81. The van der Waals surface area contributed by atoms with Gasteiger partial charge in [-0.25, -0.2) is 0 Å². The second-order valence-corrected chi connectivity index (χ2v) is 8.34. The molecule has 0 aliphatic heterocycles. The smallest absolute Gasteiger partial charge is 0.0515 e. The van der Waals surface area contributed by atoms with Crippen LogP contribution in [0.5, 0.6) is 0 Å². The van der Waals surface area contributed by atoms with Crippen molar-refractivity contribution in [1.29, 1.82) is 0 Å². The topological polar surface area (TPSA) is 15.8 Å². The maximum absolute atomic E-state index is 3.76. The summed E-state index contributed by atoms with van der Waals surface area (Å²) in [5, 5.41) is 3.97. The van der Waals surface area contributed by atoms with Gasteiger partial charge in [-0.2, -0.15) is 0 Å². The molecule has 0 spiro atoms. The summed E-state index contributed by atoms with van der Waals surface area (Å²) in [6.07, 6.45) is 0. The summed E-state index contributed by atoms with van der Waals surface area (Å²) in [4.78, 5) is 3.76. The normalized spacial score (nSPS) is 14.4. The first-order valence-corrected chi connectivity index (χ1v) is 9.89. The Labute approximate surface area is 164 Å². The summed E-state index contributed by atoms with van der Waals surface area (Å²) < 4.78 is 0. The molecule has 0 fully saturated rings. The van der Waals surface area contributed by atoms with Gasteiger partial charge in [-0.15, -0.1) is 0 Å². The Morgan fingerprint density at radius 3 is 2.32 bits per heavy atom. The van der Waals surface area contributed by atoms with Crippen LogP contribution in [0.25, 0.3) is 44.1 Å². The summed E-state index contributed by atoms with van der Waals surface area (Å²) in [6, 6.07) is 30.8. The van der Waals surface area contributed by atoms with Crippen LogP contribution >= 0.6 is 0 Å². The molecule has 1 aliphatic rings. The molecule has 134 valence electrons. The molecular weight excluding hydrogens is 338 g/mol. The van der Waals surface area contributed by atoms with Crippen LogP contribution < -0.4 is 0 Å². The first-order valence-electron chi connectivity index (χ1n) is 9.89. The average Bonchev–Trinajstić information content (AvgIpc) is 3.22. The third-order valence-electron chi connectivity index (χ3n) is 6.38. The molecule has 0 saturated carbocycles. The molecule has 0 bridgehead atoms. The number of nitrogens with one attached hydrogen (secondary N) is 1. The van der Waals surface area contributed by atoms with Crippen LogP contribution in [0.2, 0.25) is 0 Å². The van der Waals surface area contributed by atoms with Gasteiger partial charge in [0.25, 0.3) is 0 Å². The number of benzene rings is 4. The number of aromatic nitrogens is 1. The molecule has 1 N–H and O–H groups in total. The van der Waals surface area contributed by atoms with Crippen LogP contribution in [-0.4, -0.2) is 4.98 Å². The molecule has 0 atom stereocenters. The molecule has 0 radical (unpaired) electrons. The first-order chi connectivity index (χ1) is 13.6. The molecule has 1 aliphatic carbocycles. The van der Waals surface area contributed by atoms with Crippen molar-refractivity contribution < 1.29 is 0 Å². The number of H-pyrrole nitrogens is 1. The van der Waals surface area contributed by atoms with Gasteiger partial charge in [0.1, 0.15) is 0 Å². The highest BCUT2D eigenvalue weighted by Gasteiger charge is 2.39. The van der Waals surface area contributed by atoms with Gasteiger partial charge in [-0.1, -0.05) is 86.6 Å². The van der Waals surface area contributed by atoms with E-state index in [-0.39, 0.29) is 5.41 Å². The van der Waals surface area contributed by atoms with Gasteiger partial charge < -0.3 is 4.98 Å². The van der Waals surface area contributed by atoms with Gasteiger partial charge in [0.2, 0.25) is 0 Å². The second kappa shape index (κ2) is 5.36. The van der Waals surface area contributed by atoms with Crippen molar-refractivity contribution in [3.63, 3.8) is 0 Å². The zero-order valence-corrected chi connectivity index (χ0v) is 16.1. The van der Waals surface area contributed by atoms with Crippen molar-refractivity contribution >= 4 is 21.7 Å². The standard InChI is InChI=1S/C27H21N/c1-27(2)22-14-12-18-10-6-7-11-20(18)24(22)26-25(27)21-16-19(13-15-23(21)28-26)17-8-4-3-5-9-17/h3-16,28H,1-2H3. The minimum Gasteiger partial charge on any atom is -0.354 e. The molecule has 1 heteroatoms. The van der Waals surface area contributed by atoms with Crippen LogP contribution in [-0.2, 0) is 5.41 Å². The van der Waals surface area contributed by atoms with Crippen molar-refractivity contribution in [3.8, 4) is 22.4 Å². The van der Waals surface area contributed by atoms with Crippen LogP contribution in [0.4, 0.5) is 0 Å². The SMILES string of the molecule is CC1(C)c2ccc3ccccc3c2-c2[nH]c3ccc(-c4ccccc4)cc3c21. The zero-order valence-electron chi connectivity index (χ0n) is 16.1. The maximum Gasteiger partial charge on any atom is 0.0515 e. The number of rotatable bonds is 1. The Bertz CT molecular complexity index is 1370. The third kappa shape index (κ3) is 1.96. The Morgan fingerprint density at radius 1 is 0.679 bits per heavy atom.